The summed E-state index contributed by atoms with van der Waals surface area (Å²) >= 11 is 0. The average molecular weight is 338 g/mol. The fraction of sp³-hybridized carbons (Fsp3) is 0.625. The van der Waals surface area contributed by atoms with E-state index in [0.717, 1.165) is 10.9 Å². The van der Waals surface area contributed by atoms with Gasteiger partial charge in [0, 0.05) is 0 Å². The summed E-state index contributed by atoms with van der Waals surface area (Å²) in [6.07, 6.45) is -4.98. The van der Waals surface area contributed by atoms with E-state index in [9.17, 15) is 34.7 Å². The minimum Gasteiger partial charge on any atom is -0.790 e. The summed E-state index contributed by atoms with van der Waals surface area (Å²) in [7, 11) is -5.28. The standard InChI is InChI=1S/C8H13N4O9P/c9-6-7(12(15)16)10-2-11(6)8-5(14)4(13)3(21-8)1-20-22(17,18)19/h2-5,8,13-14H,1,9H2,(H2,17,18,19)/p-2/t3-,4-,5-,8-/m1/s1. The predicted octanol–water partition coefficient (Wildman–Crippen LogP) is -3.16. The Morgan fingerprint density at radius 2 is 2.14 bits per heavy atom. The van der Waals surface area contributed by atoms with Crippen molar-refractivity contribution >= 4 is 19.5 Å². The molecule has 0 aliphatic carbocycles. The zero-order valence-electron chi connectivity index (χ0n) is 10.7. The van der Waals surface area contributed by atoms with Crippen molar-refractivity contribution in [1.82, 2.24) is 9.55 Å². The van der Waals surface area contributed by atoms with Crippen LogP contribution in [0.15, 0.2) is 6.33 Å². The maximum absolute atomic E-state index is 10.6. The first kappa shape index (κ1) is 16.8. The van der Waals surface area contributed by atoms with Gasteiger partial charge in [-0.2, -0.15) is 0 Å². The molecule has 1 aromatic heterocycles. The van der Waals surface area contributed by atoms with E-state index < -0.39 is 55.5 Å². The van der Waals surface area contributed by atoms with Crippen LogP contribution in [0.5, 0.6) is 0 Å². The van der Waals surface area contributed by atoms with Crippen LogP contribution in [0.2, 0.25) is 0 Å². The molecule has 0 unspecified atom stereocenters. The molecule has 22 heavy (non-hydrogen) atoms. The Balaban J connectivity index is 2.16. The highest BCUT2D eigenvalue weighted by molar-refractivity contribution is 7.43. The molecule has 0 saturated carbocycles. The number of anilines is 1. The summed E-state index contributed by atoms with van der Waals surface area (Å²) in [5.74, 6) is -1.10. The zero-order valence-corrected chi connectivity index (χ0v) is 11.6. The van der Waals surface area contributed by atoms with Gasteiger partial charge in [0.25, 0.3) is 0 Å². The lowest BCUT2D eigenvalue weighted by atomic mass is 10.1. The number of rotatable bonds is 5. The van der Waals surface area contributed by atoms with Crippen LogP contribution in [-0.4, -0.2) is 49.6 Å². The monoisotopic (exact) mass is 338 g/mol. The number of nitrogen functional groups attached to an aromatic ring is 1. The maximum Gasteiger partial charge on any atom is 0.406 e. The Labute approximate surface area is 122 Å². The average Bonchev–Trinajstić information content (AvgIpc) is 2.90. The van der Waals surface area contributed by atoms with Gasteiger partial charge >= 0.3 is 5.82 Å². The van der Waals surface area contributed by atoms with Crippen molar-refractivity contribution in [2.24, 2.45) is 0 Å². The number of phosphoric acid groups is 1. The van der Waals surface area contributed by atoms with Gasteiger partial charge in [0.2, 0.25) is 12.1 Å². The van der Waals surface area contributed by atoms with Gasteiger partial charge in [0.15, 0.2) is 6.23 Å². The minimum atomic E-state index is -5.28. The molecule has 124 valence electrons. The number of imidazole rings is 1. The molecule has 14 heteroatoms. The van der Waals surface area contributed by atoms with E-state index >= 15 is 0 Å². The van der Waals surface area contributed by atoms with Gasteiger partial charge in [0.1, 0.15) is 18.3 Å². The van der Waals surface area contributed by atoms with E-state index in [0.29, 0.717) is 0 Å². The molecule has 4 atom stereocenters. The van der Waals surface area contributed by atoms with E-state index in [4.69, 9.17) is 10.5 Å². The van der Waals surface area contributed by atoms with E-state index in [2.05, 4.69) is 9.51 Å². The van der Waals surface area contributed by atoms with Crippen LogP contribution in [0.25, 0.3) is 0 Å². The second-order valence-electron chi connectivity index (χ2n) is 4.41. The first-order valence-electron chi connectivity index (χ1n) is 5.76. The summed E-state index contributed by atoms with van der Waals surface area (Å²) in [4.78, 5) is 34.0. The fourth-order valence-corrected chi connectivity index (χ4v) is 2.30. The smallest absolute Gasteiger partial charge is 0.406 e. The number of hydrogen-bond donors (Lipinski definition) is 3. The van der Waals surface area contributed by atoms with Crippen LogP contribution in [-0.2, 0) is 13.8 Å². The molecular formula is C8H11N4O9P-2. The van der Waals surface area contributed by atoms with Gasteiger partial charge in [-0.1, -0.05) is 0 Å². The van der Waals surface area contributed by atoms with Crippen LogP contribution in [0.3, 0.4) is 0 Å². The number of ether oxygens (including phenoxy) is 1. The number of hydrogen-bond acceptors (Lipinski definition) is 11. The molecule has 1 saturated heterocycles. The van der Waals surface area contributed by atoms with Crippen molar-refractivity contribution in [2.45, 2.75) is 24.5 Å². The van der Waals surface area contributed by atoms with Crippen molar-refractivity contribution in [3.63, 3.8) is 0 Å². The molecule has 1 fully saturated rings. The number of aliphatic hydroxyl groups is 2. The van der Waals surface area contributed by atoms with Crippen LogP contribution in [0, 0.1) is 10.1 Å². The van der Waals surface area contributed by atoms with E-state index in [1.807, 2.05) is 0 Å². The molecule has 0 radical (unpaired) electrons. The normalized spacial score (nSPS) is 28.9. The third-order valence-electron chi connectivity index (χ3n) is 2.99. The van der Waals surface area contributed by atoms with Crippen molar-refractivity contribution in [3.8, 4) is 0 Å². The van der Waals surface area contributed by atoms with Crippen LogP contribution in [0.4, 0.5) is 11.6 Å². The first-order valence-corrected chi connectivity index (χ1v) is 7.22. The lowest BCUT2D eigenvalue weighted by Gasteiger charge is -2.30. The SMILES string of the molecule is Nc1c([N+](=O)[O-])ncn1[C@@H]1O[C@H](COP(=O)([O-])[O-])[C@@H](O)[C@H]1O. The molecule has 1 aliphatic rings. The molecular weight excluding hydrogens is 327 g/mol. The maximum atomic E-state index is 10.6. The van der Waals surface area contributed by atoms with Gasteiger partial charge in [-0.3, -0.25) is 4.57 Å². The van der Waals surface area contributed by atoms with Gasteiger partial charge in [-0.05, 0) is 9.91 Å². The third kappa shape index (κ3) is 3.25. The van der Waals surface area contributed by atoms with Crippen molar-refractivity contribution < 1.29 is 38.7 Å². The number of aromatic nitrogens is 2. The Hall–Kier alpha value is -1.60. The quantitative estimate of drug-likeness (QED) is 0.277. The fourth-order valence-electron chi connectivity index (χ4n) is 1.97. The summed E-state index contributed by atoms with van der Waals surface area (Å²) in [6, 6.07) is 0. The number of nitro groups is 1. The molecule has 0 amide bonds. The summed E-state index contributed by atoms with van der Waals surface area (Å²) < 4.78 is 20.4. The lowest BCUT2D eigenvalue weighted by molar-refractivity contribution is -0.388. The molecule has 0 spiro atoms. The lowest BCUT2D eigenvalue weighted by Crippen LogP contribution is -2.34. The first-order chi connectivity index (χ1) is 10.1. The largest absolute Gasteiger partial charge is 0.790 e. The third-order valence-corrected chi connectivity index (χ3v) is 3.46. The molecule has 0 bridgehead atoms. The van der Waals surface area contributed by atoms with Gasteiger partial charge < -0.3 is 49.7 Å². The van der Waals surface area contributed by atoms with E-state index in [-0.39, 0.29) is 0 Å². The second-order valence-corrected chi connectivity index (χ2v) is 5.56. The molecule has 1 aromatic rings. The number of nitrogens with two attached hydrogens (primary N) is 1. The number of phosphoric ester groups is 1. The molecule has 2 rings (SSSR count). The highest BCUT2D eigenvalue weighted by Crippen LogP contribution is 2.35. The molecule has 4 N–H and O–H groups in total. The molecule has 0 aromatic carbocycles. The van der Waals surface area contributed by atoms with E-state index in [1.54, 1.807) is 0 Å². The highest BCUT2D eigenvalue weighted by atomic mass is 31.2. The van der Waals surface area contributed by atoms with E-state index in [1.165, 1.54) is 0 Å². The topological polar surface area (TPSA) is 209 Å². The Morgan fingerprint density at radius 1 is 1.50 bits per heavy atom. The minimum absolute atomic E-state index is 0.430. The van der Waals surface area contributed by atoms with Crippen molar-refractivity contribution in [3.05, 3.63) is 16.4 Å². The van der Waals surface area contributed by atoms with Crippen LogP contribution < -0.4 is 15.5 Å². The summed E-state index contributed by atoms with van der Waals surface area (Å²) in [6.45, 7) is -0.824. The highest BCUT2D eigenvalue weighted by Gasteiger charge is 2.45. The Kier molecular flexibility index (Phi) is 4.49. The summed E-state index contributed by atoms with van der Waals surface area (Å²) in [5, 5.41) is 30.2. The van der Waals surface area contributed by atoms with Gasteiger partial charge in [-0.15, -0.1) is 0 Å². The molecule has 13 nitrogen and oxygen atoms in total. The van der Waals surface area contributed by atoms with Crippen LogP contribution in [0.1, 0.15) is 6.23 Å². The van der Waals surface area contributed by atoms with Gasteiger partial charge in [0.05, 0.1) is 14.4 Å². The van der Waals surface area contributed by atoms with Crippen LogP contribution >= 0.6 is 7.82 Å². The van der Waals surface area contributed by atoms with Crippen molar-refractivity contribution in [1.29, 1.82) is 0 Å². The molecule has 2 heterocycles. The molecule has 1 aliphatic heterocycles. The second kappa shape index (κ2) is 5.89. The zero-order chi connectivity index (χ0) is 16.7. The van der Waals surface area contributed by atoms with Crippen molar-refractivity contribution in [2.75, 3.05) is 12.3 Å². The number of nitrogens with zero attached hydrogens (tertiary/aromatic N) is 3. The Morgan fingerprint density at radius 3 is 2.64 bits per heavy atom. The Bertz CT molecular complexity index is 615. The summed E-state index contributed by atoms with van der Waals surface area (Å²) in [5.41, 5.74) is 5.49. The van der Waals surface area contributed by atoms with Gasteiger partial charge in [-0.25, -0.2) is 0 Å². The number of aliphatic hydroxyl groups excluding tert-OH is 2. The predicted molar refractivity (Wildman–Crippen MR) is 62.8 cm³/mol.